The van der Waals surface area contributed by atoms with Gasteiger partial charge in [0.2, 0.25) is 11.9 Å². The van der Waals surface area contributed by atoms with Crippen molar-refractivity contribution in [2.45, 2.75) is 12.2 Å². The van der Waals surface area contributed by atoms with Crippen LogP contribution in [0.1, 0.15) is 32.4 Å². The average Bonchev–Trinajstić information content (AvgIpc) is 2.76. The lowest BCUT2D eigenvalue weighted by molar-refractivity contribution is -0.00991. The van der Waals surface area contributed by atoms with E-state index in [-0.39, 0.29) is 22.6 Å². The van der Waals surface area contributed by atoms with Crippen LogP contribution in [0.5, 0.6) is 46.0 Å². The monoisotopic (exact) mass is 456 g/mol. The summed E-state index contributed by atoms with van der Waals surface area (Å²) in [4.78, 5) is 25.8. The SMILES string of the molecule is O=C(O[C@@H]1C(=O)c2ccc(O)cc2O[C@@H]1c1cc(O)c(O)c(O)c1)c1cc(O)c(O)c(O)c1. The third kappa shape index (κ3) is 3.71. The number of carbonyl (C=O) groups is 2. The van der Waals surface area contributed by atoms with E-state index in [0.29, 0.717) is 0 Å². The topological polar surface area (TPSA) is 194 Å². The van der Waals surface area contributed by atoms with Crippen molar-refractivity contribution in [3.63, 3.8) is 0 Å². The molecule has 0 fully saturated rings. The Morgan fingerprint density at radius 2 is 1.33 bits per heavy atom. The van der Waals surface area contributed by atoms with Crippen LogP contribution in [0.4, 0.5) is 0 Å². The first-order chi connectivity index (χ1) is 15.6. The van der Waals surface area contributed by atoms with Gasteiger partial charge in [-0.2, -0.15) is 0 Å². The van der Waals surface area contributed by atoms with Crippen LogP contribution in [0.2, 0.25) is 0 Å². The number of rotatable bonds is 3. The van der Waals surface area contributed by atoms with Crippen LogP contribution in [0.25, 0.3) is 0 Å². The van der Waals surface area contributed by atoms with Crippen molar-refractivity contribution in [1.29, 1.82) is 0 Å². The zero-order valence-corrected chi connectivity index (χ0v) is 16.5. The second-order valence-corrected chi connectivity index (χ2v) is 7.18. The van der Waals surface area contributed by atoms with E-state index in [4.69, 9.17) is 9.47 Å². The van der Waals surface area contributed by atoms with Crippen LogP contribution in [-0.2, 0) is 4.74 Å². The lowest BCUT2D eigenvalue weighted by Crippen LogP contribution is -2.40. The maximum atomic E-state index is 13.2. The van der Waals surface area contributed by atoms with Gasteiger partial charge in [-0.1, -0.05) is 0 Å². The van der Waals surface area contributed by atoms with Gasteiger partial charge in [0, 0.05) is 11.6 Å². The predicted molar refractivity (Wildman–Crippen MR) is 108 cm³/mol. The molecule has 0 unspecified atom stereocenters. The molecule has 33 heavy (non-hydrogen) atoms. The third-order valence-corrected chi connectivity index (χ3v) is 4.98. The molecule has 0 spiro atoms. The van der Waals surface area contributed by atoms with Gasteiger partial charge < -0.3 is 45.2 Å². The Labute approximate surface area is 184 Å². The molecule has 0 radical (unpaired) electrons. The lowest BCUT2D eigenvalue weighted by Gasteiger charge is -2.32. The van der Waals surface area contributed by atoms with Crippen LogP contribution < -0.4 is 4.74 Å². The maximum Gasteiger partial charge on any atom is 0.339 e. The molecule has 0 bridgehead atoms. The molecule has 1 heterocycles. The smallest absolute Gasteiger partial charge is 0.339 e. The fourth-order valence-corrected chi connectivity index (χ4v) is 3.35. The van der Waals surface area contributed by atoms with Crippen molar-refractivity contribution in [2.75, 3.05) is 0 Å². The summed E-state index contributed by atoms with van der Waals surface area (Å²) in [5.41, 5.74) is -0.493. The molecule has 0 aliphatic carbocycles. The molecule has 3 aromatic carbocycles. The number of aromatic hydroxyl groups is 7. The molecule has 11 nitrogen and oxygen atoms in total. The third-order valence-electron chi connectivity index (χ3n) is 4.98. The Balaban J connectivity index is 1.78. The summed E-state index contributed by atoms with van der Waals surface area (Å²) in [5.74, 6) is -6.98. The number of ketones is 1. The maximum absolute atomic E-state index is 13.2. The van der Waals surface area contributed by atoms with Crippen LogP contribution >= 0.6 is 0 Å². The van der Waals surface area contributed by atoms with E-state index in [2.05, 4.69) is 0 Å². The number of esters is 1. The largest absolute Gasteiger partial charge is 0.508 e. The van der Waals surface area contributed by atoms with Crippen molar-refractivity contribution in [3.05, 3.63) is 59.2 Å². The molecule has 4 rings (SSSR count). The van der Waals surface area contributed by atoms with E-state index in [1.165, 1.54) is 12.1 Å². The first-order valence-electron chi connectivity index (χ1n) is 9.31. The van der Waals surface area contributed by atoms with Gasteiger partial charge in [-0.05, 0) is 36.4 Å². The lowest BCUT2D eigenvalue weighted by atomic mass is 9.92. The van der Waals surface area contributed by atoms with Gasteiger partial charge in [0.15, 0.2) is 40.6 Å². The van der Waals surface area contributed by atoms with Crippen molar-refractivity contribution in [3.8, 4) is 46.0 Å². The second-order valence-electron chi connectivity index (χ2n) is 7.18. The number of carbonyl (C=O) groups excluding carboxylic acids is 2. The summed E-state index contributed by atoms with van der Waals surface area (Å²) < 4.78 is 11.0. The number of hydrogen-bond donors (Lipinski definition) is 7. The average molecular weight is 456 g/mol. The van der Waals surface area contributed by atoms with Gasteiger partial charge in [0.1, 0.15) is 11.5 Å². The fourth-order valence-electron chi connectivity index (χ4n) is 3.35. The quantitative estimate of drug-likeness (QED) is 0.225. The number of benzene rings is 3. The number of ether oxygens (including phenoxy) is 2. The van der Waals surface area contributed by atoms with Crippen molar-refractivity contribution in [2.24, 2.45) is 0 Å². The first-order valence-corrected chi connectivity index (χ1v) is 9.31. The molecule has 3 aromatic rings. The number of Topliss-reactive ketones (excluding diaryl/α,β-unsaturated/α-hetero) is 1. The minimum Gasteiger partial charge on any atom is -0.508 e. The van der Waals surface area contributed by atoms with E-state index in [9.17, 15) is 45.3 Å². The summed E-state index contributed by atoms with van der Waals surface area (Å²) >= 11 is 0. The summed E-state index contributed by atoms with van der Waals surface area (Å²) in [5, 5.41) is 67.8. The van der Waals surface area contributed by atoms with Gasteiger partial charge in [0.25, 0.3) is 0 Å². The van der Waals surface area contributed by atoms with E-state index in [1.54, 1.807) is 0 Å². The Hall–Kier alpha value is -4.80. The molecule has 0 saturated carbocycles. The predicted octanol–water partition coefficient (Wildman–Crippen LogP) is 2.17. The molecule has 0 saturated heterocycles. The van der Waals surface area contributed by atoms with Crippen LogP contribution in [0.3, 0.4) is 0 Å². The number of fused-ring (bicyclic) bond motifs is 1. The van der Waals surface area contributed by atoms with Crippen molar-refractivity contribution < 1.29 is 54.8 Å². The fraction of sp³-hybridized carbons (Fsp3) is 0.0909. The van der Waals surface area contributed by atoms with E-state index >= 15 is 0 Å². The zero-order chi connectivity index (χ0) is 24.0. The van der Waals surface area contributed by atoms with E-state index < -0.39 is 64.0 Å². The van der Waals surface area contributed by atoms with Gasteiger partial charge in [-0.15, -0.1) is 0 Å². The Morgan fingerprint density at radius 3 is 1.91 bits per heavy atom. The Bertz CT molecular complexity index is 1250. The normalized spacial score (nSPS) is 17.2. The number of phenols is 7. The highest BCUT2D eigenvalue weighted by molar-refractivity contribution is 6.05. The van der Waals surface area contributed by atoms with Gasteiger partial charge >= 0.3 is 5.97 Å². The van der Waals surface area contributed by atoms with E-state index in [0.717, 1.165) is 30.3 Å². The second kappa shape index (κ2) is 7.71. The van der Waals surface area contributed by atoms with Gasteiger partial charge in [-0.3, -0.25) is 4.79 Å². The highest BCUT2D eigenvalue weighted by Gasteiger charge is 2.42. The van der Waals surface area contributed by atoms with Crippen LogP contribution in [0, 0.1) is 0 Å². The summed E-state index contributed by atoms with van der Waals surface area (Å²) in [6.07, 6.45) is -3.12. The standard InChI is InChI=1S/C22H16O11/c23-10-1-2-11-16(7-10)32-20(8-3-12(24)18(29)13(25)4-8)21(17(11)28)33-22(31)9-5-14(26)19(30)15(27)6-9/h1-7,20-21,23-27,29-30H/t20-,21-/m1/s1. The summed E-state index contributed by atoms with van der Waals surface area (Å²) in [7, 11) is 0. The molecule has 7 N–H and O–H groups in total. The zero-order valence-electron chi connectivity index (χ0n) is 16.5. The molecule has 0 amide bonds. The number of hydrogen-bond acceptors (Lipinski definition) is 11. The first kappa shape index (κ1) is 21.4. The molecule has 2 atom stereocenters. The van der Waals surface area contributed by atoms with Gasteiger partial charge in [-0.25, -0.2) is 4.79 Å². The molecular weight excluding hydrogens is 440 g/mol. The Kier molecular flexibility index (Phi) is 5.01. The minimum absolute atomic E-state index is 0.0366. The molecule has 1 aliphatic heterocycles. The van der Waals surface area contributed by atoms with Crippen molar-refractivity contribution in [1.82, 2.24) is 0 Å². The Morgan fingerprint density at radius 1 is 0.788 bits per heavy atom. The molecule has 170 valence electrons. The van der Waals surface area contributed by atoms with Gasteiger partial charge in [0.05, 0.1) is 11.1 Å². The molecular formula is C22H16O11. The molecule has 1 aliphatic rings. The number of phenolic OH excluding ortho intramolecular Hbond substituents is 7. The highest BCUT2D eigenvalue weighted by atomic mass is 16.6. The van der Waals surface area contributed by atoms with Crippen LogP contribution in [-0.4, -0.2) is 53.6 Å². The van der Waals surface area contributed by atoms with Crippen molar-refractivity contribution >= 4 is 11.8 Å². The summed E-state index contributed by atoms with van der Waals surface area (Å²) in [6.45, 7) is 0. The summed E-state index contributed by atoms with van der Waals surface area (Å²) in [6, 6.07) is 7.20. The van der Waals surface area contributed by atoms with E-state index in [1.807, 2.05) is 0 Å². The molecule has 11 heteroatoms. The minimum atomic E-state index is -1.68. The van der Waals surface area contributed by atoms with Crippen LogP contribution in [0.15, 0.2) is 42.5 Å². The molecule has 0 aromatic heterocycles. The highest BCUT2D eigenvalue weighted by Crippen LogP contribution is 2.43.